The van der Waals surface area contributed by atoms with Crippen molar-refractivity contribution in [2.45, 2.75) is 18.8 Å². The summed E-state index contributed by atoms with van der Waals surface area (Å²) in [5.74, 6) is -2.03. The Hall–Kier alpha value is -2.30. The van der Waals surface area contributed by atoms with Gasteiger partial charge in [-0.1, -0.05) is 6.07 Å². The van der Waals surface area contributed by atoms with Crippen molar-refractivity contribution >= 4 is 5.91 Å². The average molecular weight is 274 g/mol. The summed E-state index contributed by atoms with van der Waals surface area (Å²) in [5.41, 5.74) is 7.19. The standard InChI is InChI=1S/C15H12F2N2O/c16-8-6-12-9(3-4-10(12)13(17)7-8)11-2-1-5-19-14(11)15(18)20/h1-2,5-7,9H,3-4H2,(H2,18,20)/t9-/m0/s1. The largest absolute Gasteiger partial charge is 0.364 e. The van der Waals surface area contributed by atoms with E-state index in [9.17, 15) is 13.6 Å². The van der Waals surface area contributed by atoms with Gasteiger partial charge in [-0.2, -0.15) is 0 Å². The van der Waals surface area contributed by atoms with Crippen LogP contribution in [-0.4, -0.2) is 10.9 Å². The van der Waals surface area contributed by atoms with Gasteiger partial charge in [-0.05, 0) is 41.7 Å². The number of carbonyl (C=O) groups excluding carboxylic acids is 1. The number of pyridine rings is 1. The third-order valence-corrected chi connectivity index (χ3v) is 3.70. The summed E-state index contributed by atoms with van der Waals surface area (Å²) in [7, 11) is 0. The van der Waals surface area contributed by atoms with Crippen LogP contribution in [0.25, 0.3) is 0 Å². The second-order valence-electron chi connectivity index (χ2n) is 4.85. The van der Waals surface area contributed by atoms with Crippen molar-refractivity contribution in [1.29, 1.82) is 0 Å². The highest BCUT2D eigenvalue weighted by molar-refractivity contribution is 5.92. The average Bonchev–Trinajstić information content (AvgIpc) is 2.82. The van der Waals surface area contributed by atoms with Gasteiger partial charge in [0.1, 0.15) is 17.3 Å². The first kappa shape index (κ1) is 12.7. The Balaban J connectivity index is 2.15. The Morgan fingerprint density at radius 2 is 2.10 bits per heavy atom. The van der Waals surface area contributed by atoms with Crippen LogP contribution < -0.4 is 5.73 Å². The zero-order valence-electron chi connectivity index (χ0n) is 10.6. The van der Waals surface area contributed by atoms with Gasteiger partial charge < -0.3 is 5.73 Å². The molecule has 0 spiro atoms. The Labute approximate surface area is 114 Å². The van der Waals surface area contributed by atoms with Crippen LogP contribution in [0.5, 0.6) is 0 Å². The number of hydrogen-bond donors (Lipinski definition) is 1. The van der Waals surface area contributed by atoms with Gasteiger partial charge in [0.25, 0.3) is 5.91 Å². The van der Waals surface area contributed by atoms with E-state index in [2.05, 4.69) is 4.98 Å². The van der Waals surface area contributed by atoms with Crippen LogP contribution in [0.15, 0.2) is 30.5 Å². The van der Waals surface area contributed by atoms with E-state index >= 15 is 0 Å². The first-order valence-electron chi connectivity index (χ1n) is 6.30. The maximum Gasteiger partial charge on any atom is 0.267 e. The molecule has 1 amide bonds. The summed E-state index contributed by atoms with van der Waals surface area (Å²) in [6.07, 6.45) is 2.60. The quantitative estimate of drug-likeness (QED) is 0.915. The van der Waals surface area contributed by atoms with Crippen LogP contribution in [0, 0.1) is 11.6 Å². The molecule has 3 nitrogen and oxygen atoms in total. The van der Waals surface area contributed by atoms with E-state index in [1.165, 1.54) is 12.3 Å². The lowest BCUT2D eigenvalue weighted by atomic mass is 9.91. The molecule has 0 bridgehead atoms. The van der Waals surface area contributed by atoms with Crippen LogP contribution in [0.4, 0.5) is 8.78 Å². The number of benzene rings is 1. The third kappa shape index (κ3) is 1.95. The summed E-state index contributed by atoms with van der Waals surface area (Å²) < 4.78 is 27.2. The summed E-state index contributed by atoms with van der Waals surface area (Å²) >= 11 is 0. The van der Waals surface area contributed by atoms with Gasteiger partial charge in [-0.25, -0.2) is 8.78 Å². The molecule has 3 rings (SSSR count). The number of nitrogens with zero attached hydrogens (tertiary/aromatic N) is 1. The molecular weight excluding hydrogens is 262 g/mol. The number of carbonyl (C=O) groups is 1. The molecule has 0 aliphatic heterocycles. The predicted octanol–water partition coefficient (Wildman–Crippen LogP) is 2.54. The van der Waals surface area contributed by atoms with Gasteiger partial charge in [0, 0.05) is 18.2 Å². The van der Waals surface area contributed by atoms with Crippen LogP contribution in [0.1, 0.15) is 39.5 Å². The minimum atomic E-state index is -0.633. The van der Waals surface area contributed by atoms with E-state index in [1.807, 2.05) is 0 Å². The van der Waals surface area contributed by atoms with Crippen LogP contribution in [0.3, 0.4) is 0 Å². The number of halogens is 2. The minimum Gasteiger partial charge on any atom is -0.364 e. The molecule has 0 saturated carbocycles. The number of aromatic nitrogens is 1. The highest BCUT2D eigenvalue weighted by Crippen LogP contribution is 2.40. The normalized spacial score (nSPS) is 17.0. The number of hydrogen-bond acceptors (Lipinski definition) is 2. The van der Waals surface area contributed by atoms with Crippen LogP contribution >= 0.6 is 0 Å². The number of primary amides is 1. The van der Waals surface area contributed by atoms with Crippen molar-refractivity contribution in [3.8, 4) is 0 Å². The summed E-state index contributed by atoms with van der Waals surface area (Å²) in [6, 6.07) is 5.64. The molecule has 1 aliphatic rings. The molecule has 5 heteroatoms. The van der Waals surface area contributed by atoms with E-state index in [0.29, 0.717) is 29.5 Å². The van der Waals surface area contributed by atoms with Gasteiger partial charge >= 0.3 is 0 Å². The molecule has 0 radical (unpaired) electrons. The van der Waals surface area contributed by atoms with Crippen LogP contribution in [0.2, 0.25) is 0 Å². The predicted molar refractivity (Wildman–Crippen MR) is 69.3 cm³/mol. The molecule has 1 heterocycles. The smallest absolute Gasteiger partial charge is 0.267 e. The number of nitrogens with two attached hydrogens (primary N) is 1. The highest BCUT2D eigenvalue weighted by Gasteiger charge is 2.30. The third-order valence-electron chi connectivity index (χ3n) is 3.70. The molecule has 1 aliphatic carbocycles. The molecule has 102 valence electrons. The van der Waals surface area contributed by atoms with E-state index in [-0.39, 0.29) is 11.6 Å². The molecule has 20 heavy (non-hydrogen) atoms. The van der Waals surface area contributed by atoms with Crippen LogP contribution in [-0.2, 0) is 6.42 Å². The van der Waals surface area contributed by atoms with Crippen molar-refractivity contribution in [3.05, 3.63) is 64.5 Å². The highest BCUT2D eigenvalue weighted by atomic mass is 19.1. The molecule has 1 aromatic carbocycles. The Bertz CT molecular complexity index is 700. The molecule has 2 aromatic rings. The Morgan fingerprint density at radius 1 is 1.30 bits per heavy atom. The van der Waals surface area contributed by atoms with Crippen molar-refractivity contribution in [3.63, 3.8) is 0 Å². The van der Waals surface area contributed by atoms with E-state index in [1.54, 1.807) is 12.1 Å². The fourth-order valence-corrected chi connectivity index (χ4v) is 2.87. The van der Waals surface area contributed by atoms with Crippen molar-refractivity contribution in [2.24, 2.45) is 5.73 Å². The monoisotopic (exact) mass is 274 g/mol. The zero-order valence-corrected chi connectivity index (χ0v) is 10.6. The zero-order chi connectivity index (χ0) is 14.3. The first-order valence-corrected chi connectivity index (χ1v) is 6.30. The summed E-state index contributed by atoms with van der Waals surface area (Å²) in [5, 5.41) is 0. The fraction of sp³-hybridized carbons (Fsp3) is 0.200. The van der Waals surface area contributed by atoms with Crippen molar-refractivity contribution in [2.75, 3.05) is 0 Å². The van der Waals surface area contributed by atoms with Crippen molar-refractivity contribution in [1.82, 2.24) is 4.98 Å². The number of amides is 1. The van der Waals surface area contributed by atoms with Gasteiger partial charge in [0.2, 0.25) is 0 Å². The van der Waals surface area contributed by atoms with Gasteiger partial charge in [0.05, 0.1) is 0 Å². The molecule has 1 atom stereocenters. The summed E-state index contributed by atoms with van der Waals surface area (Å²) in [6.45, 7) is 0. The minimum absolute atomic E-state index is 0.162. The lowest BCUT2D eigenvalue weighted by Gasteiger charge is -2.14. The lowest BCUT2D eigenvalue weighted by molar-refractivity contribution is 0.0994. The van der Waals surface area contributed by atoms with Gasteiger partial charge in [0.15, 0.2) is 0 Å². The molecule has 0 unspecified atom stereocenters. The Morgan fingerprint density at radius 3 is 2.85 bits per heavy atom. The fourth-order valence-electron chi connectivity index (χ4n) is 2.87. The van der Waals surface area contributed by atoms with Gasteiger partial charge in [-0.15, -0.1) is 0 Å². The second-order valence-corrected chi connectivity index (χ2v) is 4.85. The topological polar surface area (TPSA) is 56.0 Å². The second kappa shape index (κ2) is 4.67. The van der Waals surface area contributed by atoms with Gasteiger partial charge in [-0.3, -0.25) is 9.78 Å². The molecule has 1 aromatic heterocycles. The van der Waals surface area contributed by atoms with E-state index < -0.39 is 17.5 Å². The molecule has 0 fully saturated rings. The number of rotatable bonds is 2. The lowest BCUT2D eigenvalue weighted by Crippen LogP contribution is -2.17. The number of fused-ring (bicyclic) bond motifs is 1. The molecule has 0 saturated heterocycles. The van der Waals surface area contributed by atoms with E-state index in [0.717, 1.165) is 6.07 Å². The SMILES string of the molecule is NC(=O)c1ncccc1[C@@H]1CCc2c(F)cc(F)cc21. The Kier molecular flexibility index (Phi) is 2.97. The molecule has 2 N–H and O–H groups in total. The van der Waals surface area contributed by atoms with E-state index in [4.69, 9.17) is 5.73 Å². The maximum absolute atomic E-state index is 13.8. The van der Waals surface area contributed by atoms with Crippen molar-refractivity contribution < 1.29 is 13.6 Å². The molecular formula is C15H12F2N2O. The first-order chi connectivity index (χ1) is 9.58. The maximum atomic E-state index is 13.8. The summed E-state index contributed by atoms with van der Waals surface area (Å²) in [4.78, 5) is 15.4.